The molecular formula is C21H26N4O3S. The maximum atomic E-state index is 12.9. The Balaban J connectivity index is 1.46. The standard InChI is InChI=1S/C21H26N4O3S/c26-18-13-16(15-8-12-29-14-15)22-21(23-18)17-5-1-2-11-25(17)20(28)7-4-10-24-9-3-6-19(24)27/h8,12-14,17H,1-7,9-11H2,(H,22,23,26). The summed E-state index contributed by atoms with van der Waals surface area (Å²) in [7, 11) is 0. The molecule has 4 heterocycles. The van der Waals surface area contributed by atoms with Crippen LogP contribution in [0.2, 0.25) is 0 Å². The number of nitrogens with zero attached hydrogens (tertiary/aromatic N) is 3. The van der Waals surface area contributed by atoms with Gasteiger partial charge < -0.3 is 14.8 Å². The summed E-state index contributed by atoms with van der Waals surface area (Å²) in [6, 6.07) is 3.25. The first-order valence-electron chi connectivity index (χ1n) is 10.3. The Hall–Kier alpha value is -2.48. The SMILES string of the molecule is O=C1CCCN1CCCC(=O)N1CCCCC1c1nc(-c2ccsc2)cc(=O)[nH]1. The average molecular weight is 415 g/mol. The summed E-state index contributed by atoms with van der Waals surface area (Å²) in [4.78, 5) is 48.2. The lowest BCUT2D eigenvalue weighted by molar-refractivity contribution is -0.136. The van der Waals surface area contributed by atoms with Gasteiger partial charge in [-0.15, -0.1) is 0 Å². The summed E-state index contributed by atoms with van der Waals surface area (Å²) in [6.45, 7) is 2.13. The molecule has 1 N–H and O–H groups in total. The van der Waals surface area contributed by atoms with E-state index in [0.29, 0.717) is 43.9 Å². The predicted octanol–water partition coefficient (Wildman–Crippen LogP) is 2.95. The van der Waals surface area contributed by atoms with Crippen LogP contribution in [0.4, 0.5) is 0 Å². The number of amides is 2. The van der Waals surface area contributed by atoms with Gasteiger partial charge in [-0.3, -0.25) is 14.4 Å². The molecule has 2 aromatic heterocycles. The summed E-state index contributed by atoms with van der Waals surface area (Å²) in [5.41, 5.74) is 1.38. The van der Waals surface area contributed by atoms with E-state index in [1.54, 1.807) is 11.3 Å². The van der Waals surface area contributed by atoms with Crippen molar-refractivity contribution in [3.8, 4) is 11.3 Å². The van der Waals surface area contributed by atoms with Crippen LogP contribution in [0.3, 0.4) is 0 Å². The van der Waals surface area contributed by atoms with E-state index < -0.39 is 0 Å². The second-order valence-corrected chi connectivity index (χ2v) is 8.49. The van der Waals surface area contributed by atoms with Crippen molar-refractivity contribution in [2.45, 2.75) is 51.0 Å². The van der Waals surface area contributed by atoms with Gasteiger partial charge in [-0.1, -0.05) is 0 Å². The minimum Gasteiger partial charge on any atom is -0.343 e. The minimum atomic E-state index is -0.198. The van der Waals surface area contributed by atoms with Crippen LogP contribution >= 0.6 is 11.3 Å². The molecule has 0 saturated carbocycles. The monoisotopic (exact) mass is 414 g/mol. The molecule has 1 unspecified atom stereocenters. The topological polar surface area (TPSA) is 86.4 Å². The number of aromatic amines is 1. The second kappa shape index (κ2) is 8.90. The van der Waals surface area contributed by atoms with Crippen molar-refractivity contribution < 1.29 is 9.59 Å². The summed E-state index contributed by atoms with van der Waals surface area (Å²) in [5.74, 6) is 0.840. The molecule has 29 heavy (non-hydrogen) atoms. The van der Waals surface area contributed by atoms with E-state index in [9.17, 15) is 14.4 Å². The van der Waals surface area contributed by atoms with Crippen LogP contribution in [0.5, 0.6) is 0 Å². The Morgan fingerprint density at radius 3 is 2.90 bits per heavy atom. The van der Waals surface area contributed by atoms with Crippen molar-refractivity contribution >= 4 is 23.2 Å². The number of thiophene rings is 1. The zero-order valence-corrected chi connectivity index (χ0v) is 17.2. The van der Waals surface area contributed by atoms with Crippen LogP contribution in [-0.4, -0.2) is 51.2 Å². The van der Waals surface area contributed by atoms with Crippen LogP contribution in [0, 0.1) is 0 Å². The Kier molecular flexibility index (Phi) is 6.08. The smallest absolute Gasteiger partial charge is 0.251 e. The zero-order valence-electron chi connectivity index (χ0n) is 16.4. The third kappa shape index (κ3) is 4.58. The number of carbonyl (C=O) groups is 2. The lowest BCUT2D eigenvalue weighted by atomic mass is 10.00. The fourth-order valence-corrected chi connectivity index (χ4v) is 4.86. The van der Waals surface area contributed by atoms with Gasteiger partial charge in [0, 0.05) is 49.5 Å². The quantitative estimate of drug-likeness (QED) is 0.787. The maximum absolute atomic E-state index is 12.9. The number of carbonyl (C=O) groups excluding carboxylic acids is 2. The van der Waals surface area contributed by atoms with E-state index in [1.807, 2.05) is 26.6 Å². The maximum Gasteiger partial charge on any atom is 0.251 e. The number of hydrogen-bond acceptors (Lipinski definition) is 5. The lowest BCUT2D eigenvalue weighted by Crippen LogP contribution is -2.40. The van der Waals surface area contributed by atoms with Gasteiger partial charge >= 0.3 is 0 Å². The van der Waals surface area contributed by atoms with Gasteiger partial charge in [0.1, 0.15) is 5.82 Å². The van der Waals surface area contributed by atoms with E-state index in [0.717, 1.165) is 37.8 Å². The van der Waals surface area contributed by atoms with Crippen molar-refractivity contribution in [1.82, 2.24) is 19.8 Å². The van der Waals surface area contributed by atoms with Crippen LogP contribution in [-0.2, 0) is 9.59 Å². The molecule has 0 aromatic carbocycles. The first kappa shape index (κ1) is 19.8. The van der Waals surface area contributed by atoms with Gasteiger partial charge in [0.15, 0.2) is 0 Å². The van der Waals surface area contributed by atoms with E-state index in [-0.39, 0.29) is 23.4 Å². The molecule has 2 aliphatic heterocycles. The fourth-order valence-electron chi connectivity index (χ4n) is 4.21. The van der Waals surface area contributed by atoms with E-state index in [1.165, 1.54) is 6.07 Å². The highest BCUT2D eigenvalue weighted by Crippen LogP contribution is 2.30. The number of likely N-dealkylation sites (tertiary alicyclic amines) is 2. The molecule has 2 aromatic rings. The predicted molar refractivity (Wildman–Crippen MR) is 112 cm³/mol. The number of piperidine rings is 1. The Morgan fingerprint density at radius 2 is 2.14 bits per heavy atom. The van der Waals surface area contributed by atoms with Crippen LogP contribution in [0.15, 0.2) is 27.7 Å². The highest BCUT2D eigenvalue weighted by atomic mass is 32.1. The fraction of sp³-hybridized carbons (Fsp3) is 0.524. The molecule has 8 heteroatoms. The van der Waals surface area contributed by atoms with Crippen LogP contribution in [0.1, 0.15) is 56.8 Å². The van der Waals surface area contributed by atoms with Gasteiger partial charge in [0.05, 0.1) is 11.7 Å². The summed E-state index contributed by atoms with van der Waals surface area (Å²) >= 11 is 1.56. The number of hydrogen-bond donors (Lipinski definition) is 1. The van der Waals surface area contributed by atoms with E-state index >= 15 is 0 Å². The number of rotatable bonds is 6. The van der Waals surface area contributed by atoms with Gasteiger partial charge in [-0.25, -0.2) is 4.98 Å². The Labute approximate surface area is 173 Å². The highest BCUT2D eigenvalue weighted by molar-refractivity contribution is 7.08. The molecule has 2 saturated heterocycles. The lowest BCUT2D eigenvalue weighted by Gasteiger charge is -2.35. The van der Waals surface area contributed by atoms with Crippen LogP contribution in [0.25, 0.3) is 11.3 Å². The zero-order chi connectivity index (χ0) is 20.2. The Morgan fingerprint density at radius 1 is 1.24 bits per heavy atom. The number of aromatic nitrogens is 2. The molecular weight excluding hydrogens is 388 g/mol. The highest BCUT2D eigenvalue weighted by Gasteiger charge is 2.30. The summed E-state index contributed by atoms with van der Waals surface area (Å²) in [5, 5.41) is 3.93. The molecule has 7 nitrogen and oxygen atoms in total. The average Bonchev–Trinajstić information content (AvgIpc) is 3.40. The first-order valence-corrected chi connectivity index (χ1v) is 11.3. The van der Waals surface area contributed by atoms with Gasteiger partial charge in [0.2, 0.25) is 11.8 Å². The third-order valence-corrected chi connectivity index (χ3v) is 6.39. The minimum absolute atomic E-state index is 0.0740. The molecule has 1 atom stereocenters. The molecule has 2 aliphatic rings. The molecule has 4 rings (SSSR count). The van der Waals surface area contributed by atoms with Crippen molar-refractivity contribution in [2.24, 2.45) is 0 Å². The first-order chi connectivity index (χ1) is 14.1. The van der Waals surface area contributed by atoms with Crippen molar-refractivity contribution in [1.29, 1.82) is 0 Å². The molecule has 0 aliphatic carbocycles. The van der Waals surface area contributed by atoms with Gasteiger partial charge in [-0.05, 0) is 43.6 Å². The number of nitrogens with one attached hydrogen (secondary N) is 1. The van der Waals surface area contributed by atoms with E-state index in [2.05, 4.69) is 9.97 Å². The largest absolute Gasteiger partial charge is 0.343 e. The Bertz CT molecular complexity index is 924. The van der Waals surface area contributed by atoms with Gasteiger partial charge in [-0.2, -0.15) is 11.3 Å². The summed E-state index contributed by atoms with van der Waals surface area (Å²) < 4.78 is 0. The molecule has 0 radical (unpaired) electrons. The van der Waals surface area contributed by atoms with Gasteiger partial charge in [0.25, 0.3) is 5.56 Å². The third-order valence-electron chi connectivity index (χ3n) is 5.71. The van der Waals surface area contributed by atoms with E-state index in [4.69, 9.17) is 0 Å². The van der Waals surface area contributed by atoms with Crippen molar-refractivity contribution in [3.63, 3.8) is 0 Å². The molecule has 154 valence electrons. The van der Waals surface area contributed by atoms with Crippen molar-refractivity contribution in [3.05, 3.63) is 39.1 Å². The van der Waals surface area contributed by atoms with Crippen molar-refractivity contribution in [2.75, 3.05) is 19.6 Å². The molecule has 2 fully saturated rings. The molecule has 2 amide bonds. The number of H-pyrrole nitrogens is 1. The normalized spacial score (nSPS) is 19.7. The summed E-state index contributed by atoms with van der Waals surface area (Å²) in [6.07, 6.45) is 5.39. The second-order valence-electron chi connectivity index (χ2n) is 7.71. The molecule has 0 spiro atoms. The molecule has 0 bridgehead atoms. The van der Waals surface area contributed by atoms with Crippen LogP contribution < -0.4 is 5.56 Å².